The van der Waals surface area contributed by atoms with Crippen LogP contribution in [-0.2, 0) is 4.74 Å². The third-order valence-electron chi connectivity index (χ3n) is 3.64. The van der Waals surface area contributed by atoms with Crippen molar-refractivity contribution in [1.82, 2.24) is 5.32 Å². The van der Waals surface area contributed by atoms with Crippen LogP contribution in [0.4, 0.5) is 0 Å². The molecule has 0 saturated carbocycles. The Bertz CT molecular complexity index is 696. The molecule has 0 aromatic rings. The molecular weight excluding hydrogens is 404 g/mol. The monoisotopic (exact) mass is 442 g/mol. The van der Waals surface area contributed by atoms with Gasteiger partial charge in [-0.1, -0.05) is 69.3 Å². The average Bonchev–Trinajstić information content (AvgIpc) is 2.80. The highest BCUT2D eigenvalue weighted by molar-refractivity contribution is 6.30. The topological polar surface area (TPSA) is 45.0 Å². The quantitative estimate of drug-likeness (QED) is 0.100. The van der Waals surface area contributed by atoms with Crippen molar-refractivity contribution in [2.24, 2.45) is 0 Å². The van der Waals surface area contributed by atoms with E-state index in [9.17, 15) is 0 Å². The lowest BCUT2D eigenvalue weighted by molar-refractivity contribution is 0.302. The Morgan fingerprint density at radius 1 is 1.26 bits per heavy atom. The predicted molar refractivity (Wildman–Crippen MR) is 138 cm³/mol. The van der Waals surface area contributed by atoms with E-state index in [4.69, 9.17) is 21.6 Å². The molecule has 0 saturated heterocycles. The SMILES string of the molecule is C#C.C=C/C(CCC/C(=C\C=C=CC(=C)Cl)CNCCC)=C(\C=C/CC#N)OC.CC. The first-order valence-corrected chi connectivity index (χ1v) is 10.9. The van der Waals surface area contributed by atoms with Gasteiger partial charge in [-0.25, -0.2) is 0 Å². The minimum Gasteiger partial charge on any atom is -0.496 e. The van der Waals surface area contributed by atoms with Gasteiger partial charge >= 0.3 is 0 Å². The Hall–Kier alpha value is -2.68. The number of hydrogen-bond donors (Lipinski definition) is 1. The van der Waals surface area contributed by atoms with Gasteiger partial charge in [-0.15, -0.1) is 18.6 Å². The Kier molecular flexibility index (Phi) is 29.1. The van der Waals surface area contributed by atoms with Gasteiger partial charge in [0.1, 0.15) is 5.76 Å². The second-order valence-electron chi connectivity index (χ2n) is 5.84. The van der Waals surface area contributed by atoms with Gasteiger partial charge in [0.25, 0.3) is 0 Å². The number of nitriles is 1. The van der Waals surface area contributed by atoms with E-state index in [-0.39, 0.29) is 0 Å². The molecule has 170 valence electrons. The summed E-state index contributed by atoms with van der Waals surface area (Å²) in [6, 6.07) is 2.09. The molecule has 0 aliphatic rings. The van der Waals surface area contributed by atoms with Crippen LogP contribution in [0.25, 0.3) is 0 Å². The highest BCUT2D eigenvalue weighted by Crippen LogP contribution is 2.18. The van der Waals surface area contributed by atoms with Crippen LogP contribution in [0.1, 0.15) is 52.9 Å². The first-order chi connectivity index (χ1) is 15.1. The van der Waals surface area contributed by atoms with Gasteiger partial charge in [0.2, 0.25) is 0 Å². The minimum absolute atomic E-state index is 0.363. The van der Waals surface area contributed by atoms with Crippen molar-refractivity contribution in [2.45, 2.75) is 52.9 Å². The van der Waals surface area contributed by atoms with Gasteiger partial charge in [0.15, 0.2) is 0 Å². The first kappa shape index (κ1) is 33.0. The molecule has 0 rings (SSSR count). The molecule has 0 bridgehead atoms. The van der Waals surface area contributed by atoms with Crippen molar-refractivity contribution >= 4 is 11.6 Å². The number of nitrogens with zero attached hydrogens (tertiary/aromatic N) is 1. The van der Waals surface area contributed by atoms with Crippen LogP contribution in [0.3, 0.4) is 0 Å². The second kappa shape index (κ2) is 27.3. The summed E-state index contributed by atoms with van der Waals surface area (Å²) in [5.41, 5.74) is 5.35. The largest absolute Gasteiger partial charge is 0.496 e. The fraction of sp³-hybridized carbons (Fsp3) is 0.407. The van der Waals surface area contributed by atoms with Crippen molar-refractivity contribution < 1.29 is 4.74 Å². The standard InChI is InChI=1S/C23H31ClN2O.C2H6.C2H2/c1-5-18-26-19-21(13-8-7-12-20(3)24)14-11-15-22(6-2)23(27-4)16-9-10-17-25;2*1-2/h6,8-9,12-13,16,26H,2-3,5,10-11,14-15,18-19H2,1,4H3;1-2H3;1-2H/b16-9-,21-13+,23-22-;;. The summed E-state index contributed by atoms with van der Waals surface area (Å²) < 4.78 is 5.43. The van der Waals surface area contributed by atoms with E-state index in [1.165, 1.54) is 5.57 Å². The summed E-state index contributed by atoms with van der Waals surface area (Å²) in [5.74, 6) is 0.762. The Balaban J connectivity index is -0.00000184. The number of halogens is 1. The van der Waals surface area contributed by atoms with Crippen LogP contribution in [0.2, 0.25) is 0 Å². The highest BCUT2D eigenvalue weighted by atomic mass is 35.5. The zero-order valence-electron chi connectivity index (χ0n) is 19.7. The van der Waals surface area contributed by atoms with E-state index in [1.54, 1.807) is 19.3 Å². The molecule has 4 heteroatoms. The van der Waals surface area contributed by atoms with E-state index in [0.717, 1.165) is 50.1 Å². The van der Waals surface area contributed by atoms with Crippen LogP contribution in [0.5, 0.6) is 0 Å². The molecule has 0 spiro atoms. The summed E-state index contributed by atoms with van der Waals surface area (Å²) in [6.07, 6.45) is 23.3. The first-order valence-electron chi connectivity index (χ1n) is 10.5. The normalized spacial score (nSPS) is 10.7. The maximum atomic E-state index is 8.65. The fourth-order valence-corrected chi connectivity index (χ4v) is 2.38. The van der Waals surface area contributed by atoms with Crippen molar-refractivity contribution in [3.05, 3.63) is 77.3 Å². The lowest BCUT2D eigenvalue weighted by Crippen LogP contribution is -2.17. The molecule has 1 N–H and O–H groups in total. The third-order valence-corrected chi connectivity index (χ3v) is 3.75. The molecule has 0 fully saturated rings. The zero-order chi connectivity index (χ0) is 24.3. The second-order valence-corrected chi connectivity index (χ2v) is 6.33. The number of allylic oxidation sites excluding steroid dienone is 7. The van der Waals surface area contributed by atoms with Gasteiger partial charge < -0.3 is 10.1 Å². The average molecular weight is 443 g/mol. The molecule has 0 unspecified atom stereocenters. The van der Waals surface area contributed by atoms with Crippen molar-refractivity contribution in [3.63, 3.8) is 0 Å². The molecule has 0 atom stereocenters. The molecule has 31 heavy (non-hydrogen) atoms. The number of methoxy groups -OCH3 is 1. The molecular formula is C27H39ClN2O. The summed E-state index contributed by atoms with van der Waals surface area (Å²) in [4.78, 5) is 0. The number of hydrogen-bond acceptors (Lipinski definition) is 3. The number of nitrogens with one attached hydrogen (secondary N) is 1. The number of ether oxygens (including phenoxy) is 1. The Morgan fingerprint density at radius 2 is 1.94 bits per heavy atom. The Morgan fingerprint density at radius 3 is 2.45 bits per heavy atom. The molecule has 0 aromatic heterocycles. The lowest BCUT2D eigenvalue weighted by atomic mass is 10.0. The van der Waals surface area contributed by atoms with Crippen LogP contribution in [0.15, 0.2) is 77.3 Å². The van der Waals surface area contributed by atoms with Gasteiger partial charge in [0.05, 0.1) is 19.6 Å². The molecule has 3 nitrogen and oxygen atoms in total. The number of terminal acetylenes is 1. The van der Waals surface area contributed by atoms with E-state index < -0.39 is 0 Å². The summed E-state index contributed by atoms with van der Waals surface area (Å²) in [7, 11) is 1.64. The van der Waals surface area contributed by atoms with Gasteiger partial charge in [-0.3, -0.25) is 0 Å². The highest BCUT2D eigenvalue weighted by Gasteiger charge is 2.03. The molecule has 0 aliphatic heterocycles. The van der Waals surface area contributed by atoms with Crippen LogP contribution in [0, 0.1) is 24.2 Å². The molecule has 0 aliphatic carbocycles. The smallest absolute Gasteiger partial charge is 0.121 e. The van der Waals surface area contributed by atoms with Crippen LogP contribution >= 0.6 is 11.6 Å². The number of rotatable bonds is 14. The summed E-state index contributed by atoms with van der Waals surface area (Å²) >= 11 is 5.70. The predicted octanol–water partition coefficient (Wildman–Crippen LogP) is 7.38. The molecule has 0 aromatic carbocycles. The van der Waals surface area contributed by atoms with Crippen LogP contribution in [-0.4, -0.2) is 20.2 Å². The molecule has 0 amide bonds. The van der Waals surface area contributed by atoms with Crippen molar-refractivity contribution in [2.75, 3.05) is 20.2 Å². The third kappa shape index (κ3) is 21.8. The maximum absolute atomic E-state index is 8.65. The van der Waals surface area contributed by atoms with Gasteiger partial charge in [0, 0.05) is 11.6 Å². The van der Waals surface area contributed by atoms with Gasteiger partial charge in [-0.05, 0) is 56.0 Å². The maximum Gasteiger partial charge on any atom is 0.121 e. The fourth-order valence-electron chi connectivity index (χ4n) is 2.32. The molecule has 0 radical (unpaired) electrons. The van der Waals surface area contributed by atoms with E-state index in [0.29, 0.717) is 11.5 Å². The zero-order valence-corrected chi connectivity index (χ0v) is 20.5. The summed E-state index contributed by atoms with van der Waals surface area (Å²) in [5, 5.41) is 12.5. The van der Waals surface area contributed by atoms with E-state index >= 15 is 0 Å². The lowest BCUT2D eigenvalue weighted by Gasteiger charge is -2.11. The summed E-state index contributed by atoms with van der Waals surface area (Å²) in [6.45, 7) is 15.5. The van der Waals surface area contributed by atoms with Crippen LogP contribution < -0.4 is 5.32 Å². The Labute approximate surface area is 196 Å². The van der Waals surface area contributed by atoms with Gasteiger partial charge in [-0.2, -0.15) is 5.26 Å². The van der Waals surface area contributed by atoms with Crippen molar-refractivity contribution in [3.8, 4) is 18.9 Å². The minimum atomic E-state index is 0.363. The van der Waals surface area contributed by atoms with E-state index in [2.05, 4.69) is 56.1 Å². The molecule has 0 heterocycles. The van der Waals surface area contributed by atoms with Crippen molar-refractivity contribution in [1.29, 1.82) is 5.26 Å². The van der Waals surface area contributed by atoms with E-state index in [1.807, 2.05) is 32.1 Å².